The highest BCUT2D eigenvalue weighted by atomic mass is 16.7. The number of aromatic nitrogens is 17. The smallest absolute Gasteiger partial charge is 0.231 e. The Bertz CT molecular complexity index is 7830. The summed E-state index contributed by atoms with van der Waals surface area (Å²) >= 11 is 0. The lowest BCUT2D eigenvalue weighted by Gasteiger charge is -2.10. The van der Waals surface area contributed by atoms with Gasteiger partial charge < -0.3 is 19.8 Å². The maximum Gasteiger partial charge on any atom is 0.231 e. The summed E-state index contributed by atoms with van der Waals surface area (Å²) in [6.45, 7) is 13.0. The van der Waals surface area contributed by atoms with Crippen molar-refractivity contribution in [3.63, 3.8) is 0 Å². The van der Waals surface area contributed by atoms with Crippen LogP contribution < -0.4 is 14.8 Å². The normalized spacial score (nSPS) is 11.7. The van der Waals surface area contributed by atoms with Crippen LogP contribution in [0.5, 0.6) is 11.5 Å². The number of nitrogens with zero attached hydrogens (tertiary/aromatic N) is 17. The van der Waals surface area contributed by atoms with Crippen LogP contribution in [0.3, 0.4) is 0 Å². The highest BCUT2D eigenvalue weighted by Gasteiger charge is 2.23. The van der Waals surface area contributed by atoms with Gasteiger partial charge in [0.2, 0.25) is 12.7 Å². The van der Waals surface area contributed by atoms with Crippen LogP contribution in [0.15, 0.2) is 371 Å². The summed E-state index contributed by atoms with van der Waals surface area (Å²) in [5.41, 5.74) is 37.4. The van der Waals surface area contributed by atoms with Crippen molar-refractivity contribution in [2.24, 2.45) is 4.99 Å². The molecule has 21 aromatic rings. The molecule has 0 atom stereocenters. The number of anilines is 1. The molecule has 22 heteroatoms. The topological polar surface area (TPSA) is 282 Å². The molecule has 0 radical (unpaired) electrons. The van der Waals surface area contributed by atoms with E-state index in [2.05, 4.69) is 156 Å². The molecule has 22 nitrogen and oxygen atoms in total. The van der Waals surface area contributed by atoms with Gasteiger partial charge in [-0.25, -0.2) is 4.98 Å². The summed E-state index contributed by atoms with van der Waals surface area (Å²) < 4.78 is 10.8. The van der Waals surface area contributed by atoms with E-state index in [1.807, 2.05) is 315 Å². The van der Waals surface area contributed by atoms with Gasteiger partial charge >= 0.3 is 0 Å². The molecule has 3 aliphatic heterocycles. The van der Waals surface area contributed by atoms with Gasteiger partial charge in [-0.3, -0.25) is 84.5 Å². The standard InChI is InChI=1S/C20H15N3.C19H14N4.C19H15N3O.C19H15N3.C18H14N4.C18H14N2O2/c1-14-4-2-6-19(23-14)18-5-3-10-22-20(18)16-7-8-17-13-21-11-9-15(17)12-16;1-13-4-2-6-16(23-13)15-5-3-9-22-19(15)14-7-8-17-18(12-14)21-11-10-20-17;1-12-4-2-6-16(21-12)15-5-3-9-20-19(15)14-8-7-13-11-18(23)22-17(13)10-14;1-13-4-2-6-18(22-13)17-5-3-9-21-19(17)14-7-8-15-11-20-12-16(15)10-14;1-12-4-2-6-15(22-12)14-5-3-9-19-18(14)13-7-8-16-17(10-13)21-11-20-16;1-12-4-2-6-15(20-12)14-5-3-9-19-18(14)13-7-8-16-17(10-13)22-11-21-16/h2-13H,1H3;2-12H,1H3;2-10H,11H2,1H3,(H,22,23);2-10,12H,11H2,1H3;2-11H,1H3,(H,20,21);2-10H,11H2,1H3. The first-order chi connectivity index (χ1) is 66.3. The van der Waals surface area contributed by atoms with Crippen LogP contribution in [0.4, 0.5) is 5.69 Å². The number of aryl methyl sites for hydroxylation is 6. The van der Waals surface area contributed by atoms with E-state index in [0.29, 0.717) is 6.42 Å². The fourth-order valence-corrected chi connectivity index (χ4v) is 16.3. The van der Waals surface area contributed by atoms with Gasteiger partial charge in [0.15, 0.2) is 11.5 Å². The zero-order valence-electron chi connectivity index (χ0n) is 74.7. The third-order valence-electron chi connectivity index (χ3n) is 22.7. The fourth-order valence-electron chi connectivity index (χ4n) is 16.3. The molecule has 18 heterocycles. The van der Waals surface area contributed by atoms with Crippen molar-refractivity contribution in [3.8, 4) is 147 Å². The first-order valence-corrected chi connectivity index (χ1v) is 44.1. The predicted octanol–water partition coefficient (Wildman–Crippen LogP) is 24.2. The molecular formula is C113H87N19O3. The van der Waals surface area contributed by atoms with E-state index in [1.165, 1.54) is 11.1 Å². The van der Waals surface area contributed by atoms with Gasteiger partial charge in [0.05, 0.1) is 110 Å². The number of carbonyl (C=O) groups is 1. The molecule has 0 saturated heterocycles. The number of amides is 1. The van der Waals surface area contributed by atoms with Crippen molar-refractivity contribution in [2.45, 2.75) is 54.5 Å². The molecule has 0 unspecified atom stereocenters. The molecule has 652 valence electrons. The SMILES string of the molecule is Cc1cccc(-c2cccnc2-c2ccc3c(c2)C=NC3)n1.Cc1cccc(-c2cccnc2-c2ccc3c(c2)NC(=O)C3)n1.Cc1cccc(-c2cccnc2-c2ccc3c(c2)OCO3)n1.Cc1cccc(-c2cccnc2-c2ccc3cnccc3c2)n1.Cc1cccc(-c2cccnc2-c2ccc3nc[nH]c3c2)n1.Cc1cccc(-c2cccnc2-c2ccc3nccnc3c2)n1. The molecule has 1 amide bonds. The Morgan fingerprint density at radius 1 is 0.296 bits per heavy atom. The van der Waals surface area contributed by atoms with Crippen LogP contribution in [-0.4, -0.2) is 104 Å². The highest BCUT2D eigenvalue weighted by molar-refractivity contribution is 6.00. The Labute approximate surface area is 779 Å². The Morgan fingerprint density at radius 3 is 1.16 bits per heavy atom. The van der Waals surface area contributed by atoms with E-state index in [1.54, 1.807) is 37.3 Å². The maximum absolute atomic E-state index is 11.5. The van der Waals surface area contributed by atoms with E-state index in [0.717, 1.165) is 231 Å². The number of fused-ring (bicyclic) bond motifs is 6. The number of ether oxygens (including phenoxy) is 2. The highest BCUT2D eigenvalue weighted by Crippen LogP contribution is 2.41. The van der Waals surface area contributed by atoms with Gasteiger partial charge in [-0.2, -0.15) is 0 Å². The van der Waals surface area contributed by atoms with Gasteiger partial charge in [0.25, 0.3) is 0 Å². The largest absolute Gasteiger partial charge is 0.454 e. The van der Waals surface area contributed by atoms with E-state index in [4.69, 9.17) is 9.47 Å². The average molecular weight is 1760 g/mol. The van der Waals surface area contributed by atoms with Crippen LogP contribution in [0.25, 0.3) is 168 Å². The Morgan fingerprint density at radius 2 is 0.689 bits per heavy atom. The Hall–Kier alpha value is -17.9. The van der Waals surface area contributed by atoms with Gasteiger partial charge in [-0.05, 0) is 276 Å². The molecular weight excluding hydrogens is 1670 g/mol. The minimum atomic E-state index is 0.0405. The minimum Gasteiger partial charge on any atom is -0.454 e. The van der Waals surface area contributed by atoms with Gasteiger partial charge in [-0.15, -0.1) is 0 Å². The van der Waals surface area contributed by atoms with Crippen molar-refractivity contribution in [3.05, 3.63) is 416 Å². The van der Waals surface area contributed by atoms with Crippen molar-refractivity contribution < 1.29 is 14.3 Å². The predicted molar refractivity (Wildman–Crippen MR) is 534 cm³/mol. The van der Waals surface area contributed by atoms with E-state index in [9.17, 15) is 4.79 Å². The number of aromatic amines is 1. The molecule has 24 rings (SSSR count). The second-order valence-electron chi connectivity index (χ2n) is 32.3. The molecule has 3 aliphatic rings. The second kappa shape index (κ2) is 40.0. The van der Waals surface area contributed by atoms with Crippen molar-refractivity contribution in [1.29, 1.82) is 0 Å². The number of imidazole rings is 1. The fraction of sp³-hybridized carbons (Fsp3) is 0.0796. The first kappa shape index (κ1) is 86.5. The van der Waals surface area contributed by atoms with E-state index < -0.39 is 0 Å². The van der Waals surface area contributed by atoms with Crippen molar-refractivity contribution in [1.82, 2.24) is 84.7 Å². The monoisotopic (exact) mass is 1760 g/mol. The van der Waals surface area contributed by atoms with Crippen molar-refractivity contribution >= 4 is 50.6 Å². The maximum atomic E-state index is 11.5. The van der Waals surface area contributed by atoms with Crippen LogP contribution in [0.2, 0.25) is 0 Å². The lowest BCUT2D eigenvalue weighted by molar-refractivity contribution is -0.115. The van der Waals surface area contributed by atoms with Gasteiger partial charge in [0.1, 0.15) is 0 Å². The van der Waals surface area contributed by atoms with Gasteiger partial charge in [-0.1, -0.05) is 84.9 Å². The quantitative estimate of drug-likeness (QED) is 0.115. The molecule has 0 aliphatic carbocycles. The molecule has 135 heavy (non-hydrogen) atoms. The molecule has 0 saturated carbocycles. The lowest BCUT2D eigenvalue weighted by atomic mass is 9.99. The van der Waals surface area contributed by atoms with Gasteiger partial charge in [0, 0.05) is 180 Å². The molecule has 0 bridgehead atoms. The summed E-state index contributed by atoms with van der Waals surface area (Å²) in [5.74, 6) is 1.57. The number of aliphatic imine (C=N–C) groups is 1. The van der Waals surface area contributed by atoms with Crippen LogP contribution in [0, 0.1) is 41.5 Å². The van der Waals surface area contributed by atoms with Crippen LogP contribution in [0.1, 0.15) is 50.9 Å². The number of carbonyl (C=O) groups excluding carboxylic acids is 1. The van der Waals surface area contributed by atoms with Crippen LogP contribution in [-0.2, 0) is 17.8 Å². The number of pyridine rings is 13. The van der Waals surface area contributed by atoms with E-state index >= 15 is 0 Å². The molecule has 15 aromatic heterocycles. The Balaban J connectivity index is 0.000000104. The summed E-state index contributed by atoms with van der Waals surface area (Å²) in [5, 5.41) is 5.18. The summed E-state index contributed by atoms with van der Waals surface area (Å²) in [6, 6.07) is 98.8. The zero-order valence-corrected chi connectivity index (χ0v) is 74.7. The summed E-state index contributed by atoms with van der Waals surface area (Å²) in [7, 11) is 0. The number of hydrogen-bond donors (Lipinski definition) is 2. The first-order valence-electron chi connectivity index (χ1n) is 44.1. The Kier molecular flexibility index (Phi) is 25.6. The molecule has 2 N–H and O–H groups in total. The molecule has 6 aromatic carbocycles. The third-order valence-corrected chi connectivity index (χ3v) is 22.7. The zero-order chi connectivity index (χ0) is 91.9. The summed E-state index contributed by atoms with van der Waals surface area (Å²) in [4.78, 5) is 91.3. The van der Waals surface area contributed by atoms with E-state index in [-0.39, 0.29) is 12.7 Å². The average Bonchev–Trinajstić information content (AvgIpc) is 1.78. The minimum absolute atomic E-state index is 0.0405. The number of rotatable bonds is 12. The third kappa shape index (κ3) is 20.1. The van der Waals surface area contributed by atoms with Crippen LogP contribution >= 0.6 is 0 Å². The lowest BCUT2D eigenvalue weighted by Crippen LogP contribution is -2.03. The molecule has 0 fully saturated rings. The number of H-pyrrole nitrogens is 1. The molecule has 0 spiro atoms. The number of benzene rings is 6. The summed E-state index contributed by atoms with van der Waals surface area (Å²) in [6.07, 6.45) is 22.0. The second-order valence-corrected chi connectivity index (χ2v) is 32.3. The van der Waals surface area contributed by atoms with Crippen molar-refractivity contribution in [2.75, 3.05) is 12.1 Å². The number of hydrogen-bond acceptors (Lipinski definition) is 20. The number of nitrogens with one attached hydrogen (secondary N) is 2.